The van der Waals surface area contributed by atoms with Crippen molar-refractivity contribution in [1.29, 1.82) is 0 Å². The molecular weight excluding hydrogens is 394 g/mol. The van der Waals surface area contributed by atoms with Crippen LogP contribution < -0.4 is 27.6 Å². The molecule has 0 saturated carbocycles. The molecule has 3 atom stereocenters. The maximum Gasteiger partial charge on any atom is 0.326 e. The summed E-state index contributed by atoms with van der Waals surface area (Å²) in [7, 11) is 0. The molecule has 0 aliphatic rings. The quantitative estimate of drug-likeness (QED) is 0.103. The Balaban J connectivity index is 4.62. The first-order valence-corrected chi connectivity index (χ1v) is 8.50. The van der Waals surface area contributed by atoms with Gasteiger partial charge in [0.2, 0.25) is 17.7 Å². The molecular formula is C15H25N5O9. The number of carboxylic acid groups (broad SMARTS) is 2. The number of hydroxylamine groups is 1. The van der Waals surface area contributed by atoms with E-state index in [9.17, 15) is 28.8 Å². The van der Waals surface area contributed by atoms with Crippen molar-refractivity contribution in [3.63, 3.8) is 0 Å². The van der Waals surface area contributed by atoms with Crippen LogP contribution >= 0.6 is 0 Å². The van der Waals surface area contributed by atoms with Gasteiger partial charge in [0.1, 0.15) is 12.1 Å². The lowest BCUT2D eigenvalue weighted by Gasteiger charge is -2.19. The van der Waals surface area contributed by atoms with Gasteiger partial charge in [0.05, 0.1) is 6.04 Å². The van der Waals surface area contributed by atoms with Crippen molar-refractivity contribution in [3.05, 3.63) is 0 Å². The normalized spacial score (nSPS) is 13.4. The maximum atomic E-state index is 12.0. The van der Waals surface area contributed by atoms with Crippen LogP contribution in [-0.2, 0) is 28.8 Å². The zero-order valence-corrected chi connectivity index (χ0v) is 15.4. The summed E-state index contributed by atoms with van der Waals surface area (Å²) in [6.45, 7) is 0. The standard InChI is InChI=1S/C15H25N5O9/c16-7(13(25)19-8(14(26)20-29)2-4-10(17)21)1-5-11(22)18-9(15(27)28)3-6-12(23)24/h7-9,29H,1-6,16H2,(H2,17,21)(H,18,22)(H,19,25)(H,20,26)(H,23,24)(H,27,28)/t7?,8-,9?/m0/s1. The first-order chi connectivity index (χ1) is 13.5. The highest BCUT2D eigenvalue weighted by atomic mass is 16.5. The van der Waals surface area contributed by atoms with Crippen molar-refractivity contribution in [2.75, 3.05) is 0 Å². The molecule has 0 aliphatic carbocycles. The molecule has 0 saturated heterocycles. The highest BCUT2D eigenvalue weighted by Crippen LogP contribution is 2.03. The van der Waals surface area contributed by atoms with E-state index in [1.54, 1.807) is 0 Å². The number of hydrogen-bond acceptors (Lipinski definition) is 8. The van der Waals surface area contributed by atoms with E-state index in [0.717, 1.165) is 0 Å². The summed E-state index contributed by atoms with van der Waals surface area (Å²) in [6, 6.07) is -3.95. The zero-order chi connectivity index (χ0) is 22.6. The number of nitrogens with one attached hydrogen (secondary N) is 3. The van der Waals surface area contributed by atoms with Gasteiger partial charge in [-0.15, -0.1) is 0 Å². The Hall–Kier alpha value is -3.26. The number of aliphatic carboxylic acids is 2. The highest BCUT2D eigenvalue weighted by Gasteiger charge is 2.25. The molecule has 0 aromatic heterocycles. The molecule has 14 nitrogen and oxygen atoms in total. The number of hydrogen-bond donors (Lipinski definition) is 8. The lowest BCUT2D eigenvalue weighted by Crippen LogP contribution is -2.51. The van der Waals surface area contributed by atoms with Crippen molar-refractivity contribution in [1.82, 2.24) is 16.1 Å². The van der Waals surface area contributed by atoms with Crippen LogP contribution in [0.4, 0.5) is 0 Å². The summed E-state index contributed by atoms with van der Waals surface area (Å²) in [6.07, 6.45) is -1.77. The molecule has 0 radical (unpaired) electrons. The second-order valence-corrected chi connectivity index (χ2v) is 6.08. The van der Waals surface area contributed by atoms with E-state index in [1.165, 1.54) is 5.48 Å². The Bertz CT molecular complexity index is 640. The number of carbonyl (C=O) groups excluding carboxylic acids is 4. The first kappa shape index (κ1) is 25.7. The number of carbonyl (C=O) groups is 6. The summed E-state index contributed by atoms with van der Waals surface area (Å²) < 4.78 is 0. The van der Waals surface area contributed by atoms with Crippen LogP contribution in [0, 0.1) is 0 Å². The fraction of sp³-hybridized carbons (Fsp3) is 0.600. The minimum Gasteiger partial charge on any atom is -0.481 e. The van der Waals surface area contributed by atoms with Gasteiger partial charge in [0.25, 0.3) is 5.91 Å². The Labute approximate surface area is 164 Å². The molecule has 2 unspecified atom stereocenters. The van der Waals surface area contributed by atoms with E-state index in [1.807, 2.05) is 0 Å². The summed E-state index contributed by atoms with van der Waals surface area (Å²) in [5.74, 6) is -5.96. The average molecular weight is 419 g/mol. The number of carboxylic acids is 2. The number of amides is 4. The van der Waals surface area contributed by atoms with Crippen LogP contribution in [0.5, 0.6) is 0 Å². The summed E-state index contributed by atoms with van der Waals surface area (Å²) in [4.78, 5) is 67.7. The predicted molar refractivity (Wildman–Crippen MR) is 93.9 cm³/mol. The molecule has 29 heavy (non-hydrogen) atoms. The maximum absolute atomic E-state index is 12.0. The second-order valence-electron chi connectivity index (χ2n) is 6.08. The van der Waals surface area contributed by atoms with Crippen LogP contribution in [0.15, 0.2) is 0 Å². The minimum absolute atomic E-state index is 0.190. The third-order valence-corrected chi connectivity index (χ3v) is 3.72. The molecule has 0 aliphatic heterocycles. The van der Waals surface area contributed by atoms with Gasteiger partial charge in [-0.05, 0) is 19.3 Å². The molecule has 0 aromatic rings. The monoisotopic (exact) mass is 419 g/mol. The van der Waals surface area contributed by atoms with E-state index in [2.05, 4.69) is 10.6 Å². The van der Waals surface area contributed by atoms with Crippen molar-refractivity contribution >= 4 is 35.6 Å². The SMILES string of the molecule is NC(=O)CC[C@H](NC(=O)C(N)CCC(=O)NC(CCC(=O)O)C(=O)O)C(=O)NO. The Morgan fingerprint density at radius 1 is 0.793 bits per heavy atom. The summed E-state index contributed by atoms with van der Waals surface area (Å²) >= 11 is 0. The molecule has 4 amide bonds. The molecule has 0 spiro atoms. The van der Waals surface area contributed by atoms with Crippen LogP contribution in [0.25, 0.3) is 0 Å². The van der Waals surface area contributed by atoms with Crippen LogP contribution in [0.1, 0.15) is 38.5 Å². The molecule has 0 bridgehead atoms. The third kappa shape index (κ3) is 11.2. The van der Waals surface area contributed by atoms with Gasteiger partial charge < -0.3 is 32.3 Å². The lowest BCUT2D eigenvalue weighted by atomic mass is 10.1. The van der Waals surface area contributed by atoms with E-state index >= 15 is 0 Å². The number of rotatable bonds is 14. The molecule has 10 N–H and O–H groups in total. The Morgan fingerprint density at radius 2 is 1.38 bits per heavy atom. The fourth-order valence-corrected chi connectivity index (χ4v) is 2.12. The van der Waals surface area contributed by atoms with Crippen molar-refractivity contribution in [2.45, 2.75) is 56.7 Å². The Morgan fingerprint density at radius 3 is 1.86 bits per heavy atom. The summed E-state index contributed by atoms with van der Waals surface area (Å²) in [5, 5.41) is 30.6. The second kappa shape index (κ2) is 13.0. The van der Waals surface area contributed by atoms with Gasteiger partial charge in [0.15, 0.2) is 0 Å². The largest absolute Gasteiger partial charge is 0.481 e. The van der Waals surface area contributed by atoms with Crippen molar-refractivity contribution in [3.8, 4) is 0 Å². The van der Waals surface area contributed by atoms with E-state index < -0.39 is 60.1 Å². The molecule has 0 fully saturated rings. The molecule has 164 valence electrons. The van der Waals surface area contributed by atoms with Crippen LogP contribution in [-0.4, -0.2) is 69.1 Å². The Kier molecular flexibility index (Phi) is 11.5. The van der Waals surface area contributed by atoms with Gasteiger partial charge in [-0.25, -0.2) is 10.3 Å². The fourth-order valence-electron chi connectivity index (χ4n) is 2.12. The first-order valence-electron chi connectivity index (χ1n) is 8.50. The average Bonchev–Trinajstić information content (AvgIpc) is 2.64. The van der Waals surface area contributed by atoms with Crippen LogP contribution in [0.3, 0.4) is 0 Å². The van der Waals surface area contributed by atoms with E-state index in [-0.39, 0.29) is 32.1 Å². The minimum atomic E-state index is -1.41. The zero-order valence-electron chi connectivity index (χ0n) is 15.4. The number of nitrogens with two attached hydrogens (primary N) is 2. The molecule has 14 heteroatoms. The van der Waals surface area contributed by atoms with Gasteiger partial charge in [-0.3, -0.25) is 29.2 Å². The van der Waals surface area contributed by atoms with E-state index in [0.29, 0.717) is 0 Å². The molecule has 0 aromatic carbocycles. The lowest BCUT2D eigenvalue weighted by molar-refractivity contribution is -0.143. The van der Waals surface area contributed by atoms with Gasteiger partial charge >= 0.3 is 11.9 Å². The van der Waals surface area contributed by atoms with Crippen molar-refractivity contribution < 1.29 is 44.2 Å². The highest BCUT2D eigenvalue weighted by molar-refractivity contribution is 5.90. The van der Waals surface area contributed by atoms with Gasteiger partial charge in [-0.1, -0.05) is 0 Å². The van der Waals surface area contributed by atoms with Gasteiger partial charge in [-0.2, -0.15) is 0 Å². The third-order valence-electron chi connectivity index (χ3n) is 3.72. The topological polar surface area (TPSA) is 251 Å². The number of primary amides is 1. The molecule has 0 rings (SSSR count). The predicted octanol–water partition coefficient (Wildman–Crippen LogP) is -3.22. The van der Waals surface area contributed by atoms with E-state index in [4.69, 9.17) is 26.9 Å². The van der Waals surface area contributed by atoms with Crippen molar-refractivity contribution in [2.24, 2.45) is 11.5 Å². The van der Waals surface area contributed by atoms with Gasteiger partial charge in [0, 0.05) is 19.3 Å². The smallest absolute Gasteiger partial charge is 0.326 e. The molecule has 0 heterocycles. The van der Waals surface area contributed by atoms with Crippen LogP contribution in [0.2, 0.25) is 0 Å². The summed E-state index contributed by atoms with van der Waals surface area (Å²) in [5.41, 5.74) is 11.9.